The molecular formula is C22H18FN3O3. The molecule has 3 rings (SSSR count). The number of ketones is 1. The van der Waals surface area contributed by atoms with Crippen molar-refractivity contribution in [3.05, 3.63) is 95.1 Å². The van der Waals surface area contributed by atoms with Crippen LogP contribution in [-0.2, 0) is 6.54 Å². The number of carbonyl (C=O) groups excluding carboxylic acids is 3. The predicted octanol–water partition coefficient (Wildman–Crippen LogP) is 3.61. The van der Waals surface area contributed by atoms with E-state index in [1.165, 1.54) is 31.2 Å². The Balaban J connectivity index is 1.64. The van der Waals surface area contributed by atoms with Crippen LogP contribution in [0.15, 0.2) is 66.7 Å². The number of Topliss-reactive ketones (excluding diaryl/α,β-unsaturated/α-hetero) is 1. The summed E-state index contributed by atoms with van der Waals surface area (Å²) in [7, 11) is 0. The van der Waals surface area contributed by atoms with Crippen LogP contribution in [0.4, 0.5) is 10.1 Å². The third kappa shape index (κ3) is 5.32. The number of hydrogen-bond acceptors (Lipinski definition) is 4. The third-order valence-corrected chi connectivity index (χ3v) is 4.13. The number of nitrogens with zero attached hydrogens (tertiary/aromatic N) is 1. The molecule has 0 unspecified atom stereocenters. The van der Waals surface area contributed by atoms with Gasteiger partial charge < -0.3 is 10.6 Å². The van der Waals surface area contributed by atoms with Gasteiger partial charge in [0, 0.05) is 17.8 Å². The lowest BCUT2D eigenvalue weighted by molar-refractivity contribution is 0.0944. The first-order valence-electron chi connectivity index (χ1n) is 8.84. The van der Waals surface area contributed by atoms with Gasteiger partial charge in [-0.2, -0.15) is 0 Å². The molecule has 1 heterocycles. The fraction of sp³-hybridized carbons (Fsp3) is 0.0909. The highest BCUT2D eigenvalue weighted by Crippen LogP contribution is 2.12. The van der Waals surface area contributed by atoms with Crippen molar-refractivity contribution in [3.63, 3.8) is 0 Å². The molecule has 0 radical (unpaired) electrons. The van der Waals surface area contributed by atoms with E-state index in [4.69, 9.17) is 0 Å². The Kier molecular flexibility index (Phi) is 6.09. The Morgan fingerprint density at radius 1 is 0.862 bits per heavy atom. The van der Waals surface area contributed by atoms with Crippen LogP contribution in [0.3, 0.4) is 0 Å². The van der Waals surface area contributed by atoms with E-state index < -0.39 is 11.8 Å². The van der Waals surface area contributed by atoms with E-state index in [-0.39, 0.29) is 29.5 Å². The second-order valence-corrected chi connectivity index (χ2v) is 6.30. The fourth-order valence-corrected chi connectivity index (χ4v) is 2.55. The lowest BCUT2D eigenvalue weighted by atomic mass is 10.1. The predicted molar refractivity (Wildman–Crippen MR) is 106 cm³/mol. The van der Waals surface area contributed by atoms with Crippen LogP contribution in [0.1, 0.15) is 43.8 Å². The largest absolute Gasteiger partial charge is 0.347 e. The Morgan fingerprint density at radius 2 is 1.48 bits per heavy atom. The summed E-state index contributed by atoms with van der Waals surface area (Å²) >= 11 is 0. The zero-order chi connectivity index (χ0) is 20.8. The highest BCUT2D eigenvalue weighted by atomic mass is 19.1. The van der Waals surface area contributed by atoms with Crippen molar-refractivity contribution in [1.82, 2.24) is 10.3 Å². The SMILES string of the molecule is CC(=O)c1ccc(NC(=O)c2cccc(C(=O)NCc3ccc(F)cc3)n2)cc1. The molecule has 2 amide bonds. The molecule has 29 heavy (non-hydrogen) atoms. The Bertz CT molecular complexity index is 1050. The van der Waals surface area contributed by atoms with Gasteiger partial charge in [0.05, 0.1) is 0 Å². The highest BCUT2D eigenvalue weighted by Gasteiger charge is 2.13. The highest BCUT2D eigenvalue weighted by molar-refractivity contribution is 6.04. The molecule has 0 aliphatic heterocycles. The molecule has 0 atom stereocenters. The molecular weight excluding hydrogens is 373 g/mol. The first kappa shape index (κ1) is 19.9. The van der Waals surface area contributed by atoms with Crippen molar-refractivity contribution in [2.75, 3.05) is 5.32 Å². The number of hydrogen-bond donors (Lipinski definition) is 2. The minimum atomic E-state index is -0.478. The lowest BCUT2D eigenvalue weighted by Gasteiger charge is -2.08. The van der Waals surface area contributed by atoms with Gasteiger partial charge >= 0.3 is 0 Å². The molecule has 3 aromatic rings. The molecule has 6 nitrogen and oxygen atoms in total. The van der Waals surface area contributed by atoms with Gasteiger partial charge in [-0.3, -0.25) is 14.4 Å². The van der Waals surface area contributed by atoms with E-state index in [2.05, 4.69) is 15.6 Å². The Labute approximate surface area is 166 Å². The third-order valence-electron chi connectivity index (χ3n) is 4.13. The number of pyridine rings is 1. The summed E-state index contributed by atoms with van der Waals surface area (Å²) in [5.74, 6) is -1.34. The average Bonchev–Trinajstić information content (AvgIpc) is 2.73. The number of carbonyl (C=O) groups is 3. The molecule has 0 aliphatic rings. The van der Waals surface area contributed by atoms with E-state index in [0.717, 1.165) is 5.56 Å². The maximum atomic E-state index is 12.9. The molecule has 1 aromatic heterocycles. The van der Waals surface area contributed by atoms with Crippen molar-refractivity contribution in [3.8, 4) is 0 Å². The van der Waals surface area contributed by atoms with Crippen LogP contribution < -0.4 is 10.6 Å². The standard InChI is InChI=1S/C22H18FN3O3/c1-14(27)16-7-11-18(12-8-16)25-22(29)20-4-2-3-19(26-20)21(28)24-13-15-5-9-17(23)10-6-15/h2-12H,13H2,1H3,(H,24,28)(H,25,29). The molecule has 7 heteroatoms. The van der Waals surface area contributed by atoms with Crippen molar-refractivity contribution in [1.29, 1.82) is 0 Å². The van der Waals surface area contributed by atoms with E-state index in [0.29, 0.717) is 11.3 Å². The number of halogens is 1. The van der Waals surface area contributed by atoms with E-state index in [1.54, 1.807) is 42.5 Å². The number of rotatable bonds is 6. The van der Waals surface area contributed by atoms with Crippen LogP contribution in [0.2, 0.25) is 0 Å². The number of aromatic nitrogens is 1. The van der Waals surface area contributed by atoms with Gasteiger partial charge in [0.2, 0.25) is 0 Å². The van der Waals surface area contributed by atoms with Crippen molar-refractivity contribution >= 4 is 23.3 Å². The molecule has 0 spiro atoms. The van der Waals surface area contributed by atoms with Gasteiger partial charge in [-0.25, -0.2) is 9.37 Å². The van der Waals surface area contributed by atoms with E-state index in [9.17, 15) is 18.8 Å². The molecule has 0 saturated carbocycles. The second kappa shape index (κ2) is 8.88. The maximum Gasteiger partial charge on any atom is 0.274 e. The molecule has 0 bridgehead atoms. The van der Waals surface area contributed by atoms with Crippen LogP contribution in [0.25, 0.3) is 0 Å². The summed E-state index contributed by atoms with van der Waals surface area (Å²) in [4.78, 5) is 40.1. The molecule has 146 valence electrons. The van der Waals surface area contributed by atoms with Gasteiger partial charge in [-0.1, -0.05) is 18.2 Å². The van der Waals surface area contributed by atoms with Crippen LogP contribution >= 0.6 is 0 Å². The van der Waals surface area contributed by atoms with Gasteiger partial charge in [-0.15, -0.1) is 0 Å². The average molecular weight is 391 g/mol. The molecule has 2 aromatic carbocycles. The second-order valence-electron chi connectivity index (χ2n) is 6.30. The fourth-order valence-electron chi connectivity index (χ4n) is 2.55. The topological polar surface area (TPSA) is 88.2 Å². The van der Waals surface area contributed by atoms with Crippen molar-refractivity contribution < 1.29 is 18.8 Å². The monoisotopic (exact) mass is 391 g/mol. The number of nitrogens with one attached hydrogen (secondary N) is 2. The van der Waals surface area contributed by atoms with Crippen LogP contribution in [0.5, 0.6) is 0 Å². The Hall–Kier alpha value is -3.87. The summed E-state index contributed by atoms with van der Waals surface area (Å²) in [5.41, 5.74) is 1.96. The van der Waals surface area contributed by atoms with Crippen molar-refractivity contribution in [2.45, 2.75) is 13.5 Å². The minimum absolute atomic E-state index is 0.0658. The van der Waals surface area contributed by atoms with Gasteiger partial charge in [-0.05, 0) is 61.0 Å². The lowest BCUT2D eigenvalue weighted by Crippen LogP contribution is -2.25. The molecule has 0 saturated heterocycles. The number of anilines is 1. The summed E-state index contributed by atoms with van der Waals surface area (Å²) in [6, 6.07) is 16.8. The molecule has 0 fully saturated rings. The molecule has 0 aliphatic carbocycles. The number of benzene rings is 2. The zero-order valence-corrected chi connectivity index (χ0v) is 15.6. The van der Waals surface area contributed by atoms with Gasteiger partial charge in [0.25, 0.3) is 11.8 Å². The summed E-state index contributed by atoms with van der Waals surface area (Å²) in [5, 5.41) is 5.35. The summed E-state index contributed by atoms with van der Waals surface area (Å²) in [6.07, 6.45) is 0. The first-order valence-corrected chi connectivity index (χ1v) is 8.84. The maximum absolute atomic E-state index is 12.9. The van der Waals surface area contributed by atoms with Crippen LogP contribution in [-0.4, -0.2) is 22.6 Å². The first-order chi connectivity index (χ1) is 13.9. The van der Waals surface area contributed by atoms with Crippen LogP contribution in [0, 0.1) is 5.82 Å². The summed E-state index contributed by atoms with van der Waals surface area (Å²) in [6.45, 7) is 1.67. The van der Waals surface area contributed by atoms with E-state index >= 15 is 0 Å². The van der Waals surface area contributed by atoms with Gasteiger partial charge in [0.15, 0.2) is 5.78 Å². The number of amides is 2. The van der Waals surface area contributed by atoms with E-state index in [1.807, 2.05) is 0 Å². The minimum Gasteiger partial charge on any atom is -0.347 e. The van der Waals surface area contributed by atoms with Gasteiger partial charge in [0.1, 0.15) is 17.2 Å². The quantitative estimate of drug-likeness (QED) is 0.629. The molecule has 2 N–H and O–H groups in total. The zero-order valence-electron chi connectivity index (χ0n) is 15.6. The Morgan fingerprint density at radius 3 is 2.10 bits per heavy atom. The normalized spacial score (nSPS) is 10.3. The summed E-state index contributed by atoms with van der Waals surface area (Å²) < 4.78 is 12.9. The van der Waals surface area contributed by atoms with Crippen molar-refractivity contribution in [2.24, 2.45) is 0 Å². The smallest absolute Gasteiger partial charge is 0.274 e.